The van der Waals surface area contributed by atoms with Gasteiger partial charge in [0.15, 0.2) is 0 Å². The summed E-state index contributed by atoms with van der Waals surface area (Å²) in [5, 5.41) is 8.49. The van der Waals surface area contributed by atoms with Crippen molar-refractivity contribution in [1.29, 1.82) is 0 Å². The first-order valence-electron chi connectivity index (χ1n) is 6.11. The number of nitrogens with two attached hydrogens (primary N) is 1. The molecule has 1 aromatic rings. The summed E-state index contributed by atoms with van der Waals surface area (Å²) in [4.78, 5) is 22.4. The van der Waals surface area contributed by atoms with E-state index in [1.165, 1.54) is 0 Å². The molecule has 0 spiro atoms. The van der Waals surface area contributed by atoms with Gasteiger partial charge in [-0.15, -0.1) is 0 Å². The van der Waals surface area contributed by atoms with Crippen molar-refractivity contribution in [3.63, 3.8) is 0 Å². The molecule has 19 heavy (non-hydrogen) atoms. The quantitative estimate of drug-likeness (QED) is 0.451. The van der Waals surface area contributed by atoms with Crippen molar-refractivity contribution < 1.29 is 9.59 Å². The first-order valence-corrected chi connectivity index (χ1v) is 6.11. The fraction of sp³-hybridized carbons (Fsp3) is 0.385. The number of primary amides is 1. The number of carbonyl (C=O) groups excluding carboxylic acids is 2. The summed E-state index contributed by atoms with van der Waals surface area (Å²) in [6.07, 6.45) is 0.263. The molecule has 0 radical (unpaired) electrons. The van der Waals surface area contributed by atoms with E-state index in [1.54, 1.807) is 7.05 Å². The third-order valence-corrected chi connectivity index (χ3v) is 2.48. The molecule has 1 aromatic carbocycles. The zero-order valence-corrected chi connectivity index (χ0v) is 11.0. The Kier molecular flexibility index (Phi) is 6.56. The molecule has 1 atom stereocenters. The van der Waals surface area contributed by atoms with Crippen LogP contribution in [-0.4, -0.2) is 38.1 Å². The predicted molar refractivity (Wildman–Crippen MR) is 73.2 cm³/mol. The van der Waals surface area contributed by atoms with Crippen molar-refractivity contribution in [1.82, 2.24) is 16.0 Å². The van der Waals surface area contributed by atoms with E-state index in [4.69, 9.17) is 5.73 Å². The lowest BCUT2D eigenvalue weighted by molar-refractivity contribution is -0.122. The van der Waals surface area contributed by atoms with Gasteiger partial charge in [-0.2, -0.15) is 0 Å². The molecule has 0 saturated heterocycles. The monoisotopic (exact) mass is 264 g/mol. The molecule has 6 heteroatoms. The molecule has 0 fully saturated rings. The predicted octanol–water partition coefficient (Wildman–Crippen LogP) is -1.03. The number of hydrogen-bond donors (Lipinski definition) is 4. The molecule has 0 saturated carbocycles. The summed E-state index contributed by atoms with van der Waals surface area (Å²) < 4.78 is 0. The highest BCUT2D eigenvalue weighted by Crippen LogP contribution is 2.01. The number of hydrogen-bond acceptors (Lipinski definition) is 4. The van der Waals surface area contributed by atoms with Crippen molar-refractivity contribution in [3.05, 3.63) is 35.9 Å². The minimum Gasteiger partial charge on any atom is -0.369 e. The van der Waals surface area contributed by atoms with Gasteiger partial charge >= 0.3 is 0 Å². The maximum absolute atomic E-state index is 11.6. The van der Waals surface area contributed by atoms with E-state index in [-0.39, 0.29) is 25.2 Å². The SMILES string of the molecule is CNCC(=O)NC(Cc1ccccc1)NCC(N)=O. The van der Waals surface area contributed by atoms with Crippen LogP contribution in [0.5, 0.6) is 0 Å². The molecule has 6 nitrogen and oxygen atoms in total. The van der Waals surface area contributed by atoms with Crippen LogP contribution in [0, 0.1) is 0 Å². The summed E-state index contributed by atoms with van der Waals surface area (Å²) in [5.74, 6) is -0.596. The van der Waals surface area contributed by atoms with Crippen LogP contribution in [0.1, 0.15) is 5.56 Å². The lowest BCUT2D eigenvalue weighted by atomic mass is 10.1. The first kappa shape index (κ1) is 15.1. The minimum atomic E-state index is -0.457. The van der Waals surface area contributed by atoms with E-state index in [2.05, 4.69) is 16.0 Å². The van der Waals surface area contributed by atoms with Gasteiger partial charge in [-0.1, -0.05) is 30.3 Å². The Balaban J connectivity index is 2.58. The van der Waals surface area contributed by atoms with Gasteiger partial charge < -0.3 is 16.4 Å². The summed E-state index contributed by atoms with van der Waals surface area (Å²) >= 11 is 0. The van der Waals surface area contributed by atoms with Gasteiger partial charge in [-0.05, 0) is 12.6 Å². The van der Waals surface area contributed by atoms with E-state index >= 15 is 0 Å². The van der Waals surface area contributed by atoms with Gasteiger partial charge in [0.25, 0.3) is 0 Å². The highest BCUT2D eigenvalue weighted by Gasteiger charge is 2.12. The van der Waals surface area contributed by atoms with Gasteiger partial charge in [0.05, 0.1) is 19.3 Å². The van der Waals surface area contributed by atoms with Crippen molar-refractivity contribution in [2.45, 2.75) is 12.6 Å². The topological polar surface area (TPSA) is 96.2 Å². The lowest BCUT2D eigenvalue weighted by Gasteiger charge is -2.19. The summed E-state index contributed by atoms with van der Waals surface area (Å²) in [6.45, 7) is 0.251. The Morgan fingerprint density at radius 1 is 1.21 bits per heavy atom. The standard InChI is InChI=1S/C13H20N4O2/c1-15-9-13(19)17-12(16-8-11(14)18)7-10-5-3-2-4-6-10/h2-6,12,15-16H,7-9H2,1H3,(H2,14,18)(H,17,19). The molecule has 1 rings (SSSR count). The van der Waals surface area contributed by atoms with E-state index in [0.29, 0.717) is 6.42 Å². The second-order valence-corrected chi connectivity index (χ2v) is 4.19. The Labute approximate surface area is 112 Å². The highest BCUT2D eigenvalue weighted by atomic mass is 16.2. The van der Waals surface area contributed by atoms with Crippen LogP contribution in [0.4, 0.5) is 0 Å². The largest absolute Gasteiger partial charge is 0.369 e. The molecule has 0 heterocycles. The fourth-order valence-corrected chi connectivity index (χ4v) is 1.65. The molecule has 104 valence electrons. The average Bonchev–Trinajstić information content (AvgIpc) is 2.37. The van der Waals surface area contributed by atoms with E-state index in [0.717, 1.165) is 5.56 Å². The van der Waals surface area contributed by atoms with Crippen LogP contribution in [0.25, 0.3) is 0 Å². The Bertz CT molecular complexity index is 408. The van der Waals surface area contributed by atoms with Crippen LogP contribution < -0.4 is 21.7 Å². The zero-order chi connectivity index (χ0) is 14.1. The average molecular weight is 264 g/mol. The lowest BCUT2D eigenvalue weighted by Crippen LogP contribution is -2.51. The minimum absolute atomic E-state index is 0.0251. The van der Waals surface area contributed by atoms with E-state index < -0.39 is 5.91 Å². The smallest absolute Gasteiger partial charge is 0.235 e. The number of benzene rings is 1. The molecule has 2 amide bonds. The summed E-state index contributed by atoms with van der Waals surface area (Å²) in [5.41, 5.74) is 6.16. The third kappa shape index (κ3) is 6.54. The third-order valence-electron chi connectivity index (χ3n) is 2.48. The maximum Gasteiger partial charge on any atom is 0.235 e. The Morgan fingerprint density at radius 3 is 2.47 bits per heavy atom. The normalized spacial score (nSPS) is 11.8. The number of nitrogens with one attached hydrogen (secondary N) is 3. The Hall–Kier alpha value is -1.92. The van der Waals surface area contributed by atoms with Gasteiger partial charge in [0.1, 0.15) is 0 Å². The molecule has 5 N–H and O–H groups in total. The summed E-state index contributed by atoms with van der Waals surface area (Å²) in [6, 6.07) is 9.70. The van der Waals surface area contributed by atoms with Crippen LogP contribution in [0.15, 0.2) is 30.3 Å². The molecule has 0 aliphatic carbocycles. The molecular formula is C13H20N4O2. The molecule has 1 unspecified atom stereocenters. The highest BCUT2D eigenvalue weighted by molar-refractivity contribution is 5.78. The molecule has 0 bridgehead atoms. The number of likely N-dealkylation sites (N-methyl/N-ethyl adjacent to an activating group) is 1. The second-order valence-electron chi connectivity index (χ2n) is 4.19. The van der Waals surface area contributed by atoms with Crippen LogP contribution >= 0.6 is 0 Å². The first-order chi connectivity index (χ1) is 9.11. The fourth-order valence-electron chi connectivity index (χ4n) is 1.65. The van der Waals surface area contributed by atoms with Crippen molar-refractivity contribution in [2.24, 2.45) is 5.73 Å². The van der Waals surface area contributed by atoms with E-state index in [1.807, 2.05) is 30.3 Å². The van der Waals surface area contributed by atoms with Crippen LogP contribution in [0.2, 0.25) is 0 Å². The van der Waals surface area contributed by atoms with Crippen molar-refractivity contribution >= 4 is 11.8 Å². The molecule has 0 aliphatic rings. The van der Waals surface area contributed by atoms with Crippen LogP contribution in [-0.2, 0) is 16.0 Å². The maximum atomic E-state index is 11.6. The zero-order valence-electron chi connectivity index (χ0n) is 11.0. The van der Waals surface area contributed by atoms with Crippen molar-refractivity contribution in [2.75, 3.05) is 20.1 Å². The molecule has 0 aromatic heterocycles. The van der Waals surface area contributed by atoms with Crippen molar-refractivity contribution in [3.8, 4) is 0 Å². The second kappa shape index (κ2) is 8.23. The van der Waals surface area contributed by atoms with Gasteiger partial charge in [0.2, 0.25) is 11.8 Å². The molecule has 0 aliphatic heterocycles. The van der Waals surface area contributed by atoms with Gasteiger partial charge in [-0.25, -0.2) is 0 Å². The number of rotatable bonds is 8. The van der Waals surface area contributed by atoms with Gasteiger partial charge in [0, 0.05) is 6.42 Å². The van der Waals surface area contributed by atoms with Gasteiger partial charge in [-0.3, -0.25) is 14.9 Å². The molecular weight excluding hydrogens is 244 g/mol. The summed E-state index contributed by atoms with van der Waals surface area (Å²) in [7, 11) is 1.70. The van der Waals surface area contributed by atoms with E-state index in [9.17, 15) is 9.59 Å². The number of amides is 2. The Morgan fingerprint density at radius 2 is 1.89 bits per heavy atom. The number of carbonyl (C=O) groups is 2. The van der Waals surface area contributed by atoms with Crippen LogP contribution in [0.3, 0.4) is 0 Å².